The van der Waals surface area contributed by atoms with Gasteiger partial charge < -0.3 is 24.6 Å². The summed E-state index contributed by atoms with van der Waals surface area (Å²) in [5.74, 6) is -3.11. The van der Waals surface area contributed by atoms with Crippen LogP contribution in [0, 0.1) is 5.41 Å². The Hall–Kier alpha value is -2.42. The zero-order chi connectivity index (χ0) is 27.1. The summed E-state index contributed by atoms with van der Waals surface area (Å²) in [4.78, 5) is 21.6. The summed E-state index contributed by atoms with van der Waals surface area (Å²) in [7, 11) is -4.77. The molecule has 0 spiro atoms. The van der Waals surface area contributed by atoms with Crippen LogP contribution in [0.25, 0.3) is 0 Å². The van der Waals surface area contributed by atoms with Crippen molar-refractivity contribution in [3.05, 3.63) is 70.3 Å². The van der Waals surface area contributed by atoms with E-state index in [1.165, 1.54) is 24.0 Å². The molecule has 9 nitrogen and oxygen atoms in total. The lowest BCUT2D eigenvalue weighted by Crippen LogP contribution is -2.31. The third kappa shape index (κ3) is 8.32. The van der Waals surface area contributed by atoms with Gasteiger partial charge in [0, 0.05) is 0 Å². The van der Waals surface area contributed by atoms with Gasteiger partial charge in [0.05, 0.1) is 13.2 Å². The number of ether oxygens (including phenoxy) is 1. The van der Waals surface area contributed by atoms with E-state index in [2.05, 4.69) is 42.2 Å². The van der Waals surface area contributed by atoms with Crippen LogP contribution in [0.4, 0.5) is 0 Å². The summed E-state index contributed by atoms with van der Waals surface area (Å²) in [5.41, 5.74) is 4.84. The normalized spacial score (nSPS) is 24.0. The number of carbonyl (C=O) groups is 1. The van der Waals surface area contributed by atoms with Crippen LogP contribution in [0.2, 0.25) is 0 Å². The fourth-order valence-corrected chi connectivity index (χ4v) is 4.72. The Labute approximate surface area is 212 Å². The molecule has 0 aromatic carbocycles. The van der Waals surface area contributed by atoms with E-state index in [9.17, 15) is 24.5 Å². The van der Waals surface area contributed by atoms with Gasteiger partial charge in [-0.3, -0.25) is 9.42 Å². The lowest BCUT2D eigenvalue weighted by atomic mass is 9.72. The topological polar surface area (TPSA) is 143 Å². The van der Waals surface area contributed by atoms with Crippen LogP contribution >= 0.6 is 7.82 Å². The van der Waals surface area contributed by atoms with Crippen molar-refractivity contribution in [1.82, 2.24) is 0 Å². The zero-order valence-corrected chi connectivity index (χ0v) is 22.3. The predicted octanol–water partition coefficient (Wildman–Crippen LogP) is 4.70. The number of rotatable bonds is 11. The Morgan fingerprint density at radius 3 is 2.61 bits per heavy atom. The van der Waals surface area contributed by atoms with Gasteiger partial charge in [0.2, 0.25) is 0 Å². The highest BCUT2D eigenvalue weighted by Crippen LogP contribution is 2.47. The molecule has 0 fully saturated rings. The van der Waals surface area contributed by atoms with Crippen molar-refractivity contribution in [2.75, 3.05) is 13.2 Å². The van der Waals surface area contributed by atoms with E-state index in [-0.39, 0.29) is 12.0 Å². The minimum atomic E-state index is -4.77. The molecule has 200 valence electrons. The van der Waals surface area contributed by atoms with E-state index in [4.69, 9.17) is 9.63 Å². The van der Waals surface area contributed by atoms with Gasteiger partial charge in [-0.25, -0.2) is 9.36 Å². The fourth-order valence-electron chi connectivity index (χ4n) is 4.00. The van der Waals surface area contributed by atoms with Gasteiger partial charge in [-0.2, -0.15) is 0 Å². The van der Waals surface area contributed by atoms with E-state index in [1.54, 1.807) is 13.0 Å². The molecule has 2 aliphatic rings. The zero-order valence-electron chi connectivity index (χ0n) is 21.4. The van der Waals surface area contributed by atoms with Crippen LogP contribution in [-0.4, -0.2) is 51.6 Å². The van der Waals surface area contributed by atoms with E-state index in [0.717, 1.165) is 17.6 Å². The number of aliphatic hydroxyl groups is 3. The molecule has 1 heterocycles. The molecule has 1 aliphatic heterocycles. The third-order valence-electron chi connectivity index (χ3n) is 6.08. The highest BCUT2D eigenvalue weighted by molar-refractivity contribution is 7.47. The second kappa shape index (κ2) is 12.7. The molecule has 0 bridgehead atoms. The molecular formula is C26H37O9P. The van der Waals surface area contributed by atoms with Crippen LogP contribution in [0.15, 0.2) is 70.3 Å². The molecule has 0 amide bonds. The monoisotopic (exact) mass is 524 g/mol. The molecule has 10 heteroatoms. The molecule has 1 aliphatic carbocycles. The summed E-state index contributed by atoms with van der Waals surface area (Å²) in [6, 6.07) is 0. The van der Waals surface area contributed by atoms with E-state index >= 15 is 0 Å². The highest BCUT2D eigenvalue weighted by Gasteiger charge is 2.43. The van der Waals surface area contributed by atoms with Crippen molar-refractivity contribution in [2.24, 2.45) is 5.41 Å². The van der Waals surface area contributed by atoms with Crippen molar-refractivity contribution in [3.63, 3.8) is 0 Å². The van der Waals surface area contributed by atoms with Crippen molar-refractivity contribution in [3.8, 4) is 0 Å². The molecule has 3 atom stereocenters. The summed E-state index contributed by atoms with van der Waals surface area (Å²) in [6.45, 7) is 9.43. The maximum atomic E-state index is 12.1. The first kappa shape index (κ1) is 29.8. The fraction of sp³-hybridized carbons (Fsp3) is 0.500. The molecule has 36 heavy (non-hydrogen) atoms. The number of aliphatic hydroxyl groups excluding tert-OH is 3. The summed E-state index contributed by atoms with van der Waals surface area (Å²) < 4.78 is 26.2. The standard InChI is InChI=1S/C26H37O9P/c1-17(11-12-20-19(3)10-7-14-26(20,4)5)8-6-9-18(2)13-15-33-36(31,32)35-24-22(29)23(21(28)16-27)34-25(24)30/h6,8-9,11-13,21,23,27-29H,7,10,14-16H2,1-5H3,(H,31,32)/b9-6+,12-11+,17-8+,18-13+/t21?,23-/m1/s1. The number of carbonyl (C=O) groups excluding carboxylic acids is 1. The smallest absolute Gasteiger partial charge is 0.505 e. The average molecular weight is 525 g/mol. The number of hydrogen-bond acceptors (Lipinski definition) is 8. The van der Waals surface area contributed by atoms with Crippen LogP contribution in [0.5, 0.6) is 0 Å². The summed E-state index contributed by atoms with van der Waals surface area (Å²) in [5, 5.41) is 28.4. The Kier molecular flexibility index (Phi) is 10.5. The highest BCUT2D eigenvalue weighted by atomic mass is 31.2. The van der Waals surface area contributed by atoms with E-state index in [1.807, 2.05) is 25.2 Å². The van der Waals surface area contributed by atoms with Crippen molar-refractivity contribution >= 4 is 13.8 Å². The average Bonchev–Trinajstić information content (AvgIpc) is 3.05. The summed E-state index contributed by atoms with van der Waals surface area (Å²) >= 11 is 0. The molecule has 0 saturated heterocycles. The molecule has 0 radical (unpaired) electrons. The quantitative estimate of drug-likeness (QED) is 0.172. The predicted molar refractivity (Wildman–Crippen MR) is 136 cm³/mol. The van der Waals surface area contributed by atoms with Gasteiger partial charge >= 0.3 is 13.8 Å². The number of phosphoric ester groups is 1. The van der Waals surface area contributed by atoms with Gasteiger partial charge in [-0.1, -0.05) is 67.0 Å². The first-order valence-electron chi connectivity index (χ1n) is 11.8. The van der Waals surface area contributed by atoms with Crippen LogP contribution < -0.4 is 0 Å². The van der Waals surface area contributed by atoms with E-state index < -0.39 is 44.1 Å². The molecule has 0 aromatic heterocycles. The number of hydrogen-bond donors (Lipinski definition) is 4. The maximum Gasteiger partial charge on any atom is 0.528 e. The number of phosphoric acid groups is 1. The van der Waals surface area contributed by atoms with Gasteiger partial charge in [0.1, 0.15) is 6.10 Å². The molecule has 2 rings (SSSR count). The maximum absolute atomic E-state index is 12.1. The van der Waals surface area contributed by atoms with Gasteiger partial charge in [-0.15, -0.1) is 0 Å². The number of esters is 1. The minimum absolute atomic E-state index is 0.180. The van der Waals surface area contributed by atoms with E-state index in [0.29, 0.717) is 0 Å². The second-order valence-corrected chi connectivity index (χ2v) is 11.0. The minimum Gasteiger partial charge on any atom is -0.505 e. The lowest BCUT2D eigenvalue weighted by Gasteiger charge is -2.32. The Bertz CT molecular complexity index is 1060. The van der Waals surface area contributed by atoms with Crippen molar-refractivity contribution in [2.45, 2.75) is 66.1 Å². The van der Waals surface area contributed by atoms with Crippen LogP contribution in [0.3, 0.4) is 0 Å². The lowest BCUT2D eigenvalue weighted by molar-refractivity contribution is -0.147. The molecule has 4 N–H and O–H groups in total. The number of allylic oxidation sites excluding steroid dienone is 9. The van der Waals surface area contributed by atoms with Gasteiger partial charge in [-0.05, 0) is 51.0 Å². The molecule has 0 aromatic rings. The second-order valence-electron chi connectivity index (χ2n) is 9.63. The number of cyclic esters (lactones) is 1. The van der Waals surface area contributed by atoms with Gasteiger partial charge in [0.25, 0.3) is 5.76 Å². The molecular weight excluding hydrogens is 487 g/mol. The SMILES string of the molecule is CC1=C(/C=C/C(C)=C/C=C/C(C)=C/COP(=O)(O)OC2=C(O)[C@@H](C(O)CO)OC2=O)C(C)(C)CCC1. The largest absolute Gasteiger partial charge is 0.528 e. The van der Waals surface area contributed by atoms with Gasteiger partial charge in [0.15, 0.2) is 11.9 Å². The Morgan fingerprint density at radius 1 is 1.28 bits per heavy atom. The first-order chi connectivity index (χ1) is 16.8. The van der Waals surface area contributed by atoms with Crippen LogP contribution in [-0.2, 0) is 23.1 Å². The van der Waals surface area contributed by atoms with Crippen molar-refractivity contribution in [1.29, 1.82) is 0 Å². The summed E-state index contributed by atoms with van der Waals surface area (Å²) in [6.07, 6.45) is 11.8. The van der Waals surface area contributed by atoms with Crippen LogP contribution in [0.1, 0.15) is 53.9 Å². The van der Waals surface area contributed by atoms with Crippen molar-refractivity contribution < 1.29 is 43.4 Å². The molecule has 2 unspecified atom stereocenters. The Balaban J connectivity index is 1.92. The first-order valence-corrected chi connectivity index (χ1v) is 13.3. The molecule has 0 saturated carbocycles. The third-order valence-corrected chi connectivity index (χ3v) is 6.97. The Morgan fingerprint density at radius 2 is 1.97 bits per heavy atom.